The maximum absolute atomic E-state index is 5.77. The number of H-pyrrole nitrogens is 1. The van der Waals surface area contributed by atoms with Crippen molar-refractivity contribution in [2.75, 3.05) is 0 Å². The highest BCUT2D eigenvalue weighted by atomic mass is 16.5. The maximum Gasteiger partial charge on any atom is 0.281 e. The lowest BCUT2D eigenvalue weighted by atomic mass is 10.1. The first kappa shape index (κ1) is 13.7. The van der Waals surface area contributed by atoms with Crippen LogP contribution in [0.2, 0.25) is 0 Å². The minimum absolute atomic E-state index is 0.281. The number of aromatic nitrogens is 5. The van der Waals surface area contributed by atoms with Crippen LogP contribution in [0.15, 0.2) is 69.6 Å². The van der Waals surface area contributed by atoms with Crippen LogP contribution in [0.5, 0.6) is 0 Å². The fraction of sp³-hybridized carbons (Fsp3) is 0. The summed E-state index contributed by atoms with van der Waals surface area (Å²) in [6, 6.07) is 19.3. The van der Waals surface area contributed by atoms with Gasteiger partial charge >= 0.3 is 0 Å². The second-order valence-corrected chi connectivity index (χ2v) is 5.46. The molecule has 120 valence electrons. The van der Waals surface area contributed by atoms with E-state index in [2.05, 4.69) is 25.6 Å². The molecule has 0 bridgehead atoms. The van der Waals surface area contributed by atoms with E-state index in [-0.39, 0.29) is 5.89 Å². The molecule has 0 radical (unpaired) electrons. The van der Waals surface area contributed by atoms with Gasteiger partial charge in [0.05, 0.1) is 0 Å². The minimum Gasteiger partial charge on any atom is -0.453 e. The van der Waals surface area contributed by atoms with Crippen molar-refractivity contribution in [3.8, 4) is 34.4 Å². The van der Waals surface area contributed by atoms with E-state index in [4.69, 9.17) is 8.94 Å². The number of benzene rings is 2. The van der Waals surface area contributed by atoms with Crippen molar-refractivity contribution in [2.45, 2.75) is 0 Å². The third-order valence-corrected chi connectivity index (χ3v) is 3.87. The molecule has 5 aromatic rings. The van der Waals surface area contributed by atoms with Crippen LogP contribution in [-0.2, 0) is 0 Å². The van der Waals surface area contributed by atoms with E-state index in [0.717, 1.165) is 16.5 Å². The summed E-state index contributed by atoms with van der Waals surface area (Å²) in [5.41, 5.74) is 2.84. The van der Waals surface area contributed by atoms with Crippen molar-refractivity contribution in [2.24, 2.45) is 0 Å². The number of nitrogens with one attached hydrogen (secondary N) is 1. The Labute approximate surface area is 141 Å². The lowest BCUT2D eigenvalue weighted by molar-refractivity contribution is 0.429. The molecule has 2 aromatic carbocycles. The second-order valence-electron chi connectivity index (χ2n) is 5.46. The summed E-state index contributed by atoms with van der Waals surface area (Å²) in [5, 5.41) is 15.9. The van der Waals surface area contributed by atoms with Crippen molar-refractivity contribution in [3.63, 3.8) is 0 Å². The molecule has 3 heterocycles. The molecule has 25 heavy (non-hydrogen) atoms. The third-order valence-electron chi connectivity index (χ3n) is 3.87. The smallest absolute Gasteiger partial charge is 0.281 e. The summed E-state index contributed by atoms with van der Waals surface area (Å²) in [6.45, 7) is 0. The van der Waals surface area contributed by atoms with Gasteiger partial charge in [0.25, 0.3) is 5.89 Å². The predicted molar refractivity (Wildman–Crippen MR) is 90.3 cm³/mol. The number of furan rings is 1. The summed E-state index contributed by atoms with van der Waals surface area (Å²) in [7, 11) is 0. The summed E-state index contributed by atoms with van der Waals surface area (Å²) in [6.07, 6.45) is 0. The first-order valence-electron chi connectivity index (χ1n) is 7.68. The summed E-state index contributed by atoms with van der Waals surface area (Å²) >= 11 is 0. The highest BCUT2D eigenvalue weighted by molar-refractivity contribution is 5.81. The topological polar surface area (TPSA) is 93.6 Å². The number of nitrogens with zero attached hydrogens (tertiary/aromatic N) is 4. The average molecular weight is 329 g/mol. The van der Waals surface area contributed by atoms with Gasteiger partial charge in [0.2, 0.25) is 5.82 Å². The van der Waals surface area contributed by atoms with Crippen molar-refractivity contribution in [3.05, 3.63) is 60.7 Å². The summed E-state index contributed by atoms with van der Waals surface area (Å²) in [5.74, 6) is 1.19. The third kappa shape index (κ3) is 2.29. The van der Waals surface area contributed by atoms with E-state index in [0.29, 0.717) is 23.0 Å². The molecule has 3 aromatic heterocycles. The van der Waals surface area contributed by atoms with Crippen molar-refractivity contribution >= 4 is 11.0 Å². The molecule has 5 rings (SSSR count). The normalized spacial score (nSPS) is 11.2. The molecular weight excluding hydrogens is 318 g/mol. The van der Waals surface area contributed by atoms with Crippen molar-refractivity contribution < 1.29 is 8.94 Å². The van der Waals surface area contributed by atoms with Crippen LogP contribution >= 0.6 is 0 Å². The van der Waals surface area contributed by atoms with Gasteiger partial charge in [-0.25, -0.2) is 0 Å². The van der Waals surface area contributed by atoms with E-state index in [1.165, 1.54) is 0 Å². The molecule has 0 aliphatic heterocycles. The Hall–Kier alpha value is -3.74. The molecule has 1 N–H and O–H groups in total. The molecule has 0 fully saturated rings. The van der Waals surface area contributed by atoms with Crippen LogP contribution in [-0.4, -0.2) is 25.6 Å². The Kier molecular flexibility index (Phi) is 2.96. The summed E-state index contributed by atoms with van der Waals surface area (Å²) < 4.78 is 11.1. The van der Waals surface area contributed by atoms with E-state index < -0.39 is 0 Å². The highest BCUT2D eigenvalue weighted by Gasteiger charge is 2.20. The first-order valence-corrected chi connectivity index (χ1v) is 7.68. The molecular formula is C18H11N5O2. The van der Waals surface area contributed by atoms with Gasteiger partial charge in [-0.3, -0.25) is 0 Å². The van der Waals surface area contributed by atoms with Crippen LogP contribution < -0.4 is 0 Å². The molecule has 7 nitrogen and oxygen atoms in total. The second kappa shape index (κ2) is 5.41. The largest absolute Gasteiger partial charge is 0.453 e. The minimum atomic E-state index is 0.281. The number of hydrogen-bond donors (Lipinski definition) is 1. The van der Waals surface area contributed by atoms with Gasteiger partial charge in [0, 0.05) is 10.9 Å². The van der Waals surface area contributed by atoms with Crippen LogP contribution in [0, 0.1) is 0 Å². The summed E-state index contributed by atoms with van der Waals surface area (Å²) in [4.78, 5) is 4.41. The van der Waals surface area contributed by atoms with E-state index in [9.17, 15) is 0 Å². The lowest BCUT2D eigenvalue weighted by Gasteiger charge is -1.95. The molecule has 0 unspecified atom stereocenters. The number of rotatable bonds is 3. The number of aromatic amines is 1. The van der Waals surface area contributed by atoms with Gasteiger partial charge < -0.3 is 8.94 Å². The molecule has 0 aliphatic carbocycles. The van der Waals surface area contributed by atoms with Gasteiger partial charge in [-0.2, -0.15) is 20.4 Å². The number of para-hydroxylation sites is 1. The van der Waals surface area contributed by atoms with E-state index >= 15 is 0 Å². The SMILES string of the molecule is c1ccc(-c2n[nH]nc2-c2nc(-c3cc4ccccc4o3)no2)cc1. The zero-order valence-corrected chi connectivity index (χ0v) is 12.9. The maximum atomic E-state index is 5.77. The zero-order valence-electron chi connectivity index (χ0n) is 12.9. The Balaban J connectivity index is 1.56. The Bertz CT molecular complexity index is 1120. The van der Waals surface area contributed by atoms with Crippen LogP contribution in [0.3, 0.4) is 0 Å². The molecule has 0 amide bonds. The quantitative estimate of drug-likeness (QED) is 0.539. The average Bonchev–Trinajstić information content (AvgIpc) is 3.39. The van der Waals surface area contributed by atoms with Crippen LogP contribution in [0.25, 0.3) is 45.4 Å². The van der Waals surface area contributed by atoms with Crippen molar-refractivity contribution in [1.82, 2.24) is 25.6 Å². The Morgan fingerprint density at radius 2 is 1.64 bits per heavy atom. The molecule has 0 aliphatic rings. The highest BCUT2D eigenvalue weighted by Crippen LogP contribution is 2.30. The number of hydrogen-bond acceptors (Lipinski definition) is 6. The standard InChI is InChI=1S/C18H11N5O2/c1-2-6-11(7-3-1)15-16(21-23-20-15)18-19-17(22-25-18)14-10-12-8-4-5-9-13(12)24-14/h1-10H,(H,20,21,23). The van der Waals surface area contributed by atoms with Gasteiger partial charge in [0.1, 0.15) is 11.3 Å². The monoisotopic (exact) mass is 329 g/mol. The van der Waals surface area contributed by atoms with Gasteiger partial charge in [-0.1, -0.05) is 53.7 Å². The fourth-order valence-corrected chi connectivity index (χ4v) is 2.69. The van der Waals surface area contributed by atoms with Gasteiger partial charge in [-0.05, 0) is 12.1 Å². The first-order chi connectivity index (χ1) is 12.4. The lowest BCUT2D eigenvalue weighted by Crippen LogP contribution is -1.84. The van der Waals surface area contributed by atoms with Gasteiger partial charge in [0.15, 0.2) is 11.5 Å². The van der Waals surface area contributed by atoms with Crippen LogP contribution in [0.4, 0.5) is 0 Å². The van der Waals surface area contributed by atoms with E-state index in [1.807, 2.05) is 60.7 Å². The molecule has 0 atom stereocenters. The molecule has 0 spiro atoms. The Morgan fingerprint density at radius 3 is 2.52 bits per heavy atom. The van der Waals surface area contributed by atoms with Crippen LogP contribution in [0.1, 0.15) is 0 Å². The molecule has 7 heteroatoms. The predicted octanol–water partition coefficient (Wildman–Crippen LogP) is 3.93. The molecule has 0 saturated carbocycles. The zero-order chi connectivity index (χ0) is 16.6. The van der Waals surface area contributed by atoms with E-state index in [1.54, 1.807) is 0 Å². The fourth-order valence-electron chi connectivity index (χ4n) is 2.69. The molecule has 0 saturated heterocycles. The number of fused-ring (bicyclic) bond motifs is 1. The Morgan fingerprint density at radius 1 is 0.840 bits per heavy atom. The van der Waals surface area contributed by atoms with Gasteiger partial charge in [-0.15, -0.1) is 0 Å². The van der Waals surface area contributed by atoms with Crippen molar-refractivity contribution in [1.29, 1.82) is 0 Å².